The van der Waals surface area contributed by atoms with Crippen LogP contribution < -0.4 is 0 Å². The summed E-state index contributed by atoms with van der Waals surface area (Å²) in [5.41, 5.74) is 1.58. The second-order valence-electron chi connectivity index (χ2n) is 7.28. The van der Waals surface area contributed by atoms with Gasteiger partial charge in [0, 0.05) is 17.9 Å². The lowest BCUT2D eigenvalue weighted by Gasteiger charge is -2.25. The van der Waals surface area contributed by atoms with Crippen molar-refractivity contribution in [3.05, 3.63) is 70.6 Å². The number of carbonyl (C=O) groups is 1. The van der Waals surface area contributed by atoms with Crippen molar-refractivity contribution in [2.24, 2.45) is 0 Å². The number of hydrogen-bond donors (Lipinski definition) is 0. The van der Waals surface area contributed by atoms with E-state index in [1.165, 1.54) is 0 Å². The third-order valence-electron chi connectivity index (χ3n) is 4.36. The number of sulfone groups is 1. The molecule has 0 bridgehead atoms. The first-order valence-corrected chi connectivity index (χ1v) is 11.7. The average Bonchev–Trinajstić information content (AvgIpc) is 3.13. The van der Waals surface area contributed by atoms with Crippen molar-refractivity contribution in [3.8, 4) is 11.5 Å². The first-order chi connectivity index (χ1) is 14.1. The minimum absolute atomic E-state index is 0.115. The average molecular weight is 448 g/mol. The van der Waals surface area contributed by atoms with Crippen molar-refractivity contribution in [2.45, 2.75) is 32.2 Å². The van der Waals surface area contributed by atoms with Gasteiger partial charge in [0.15, 0.2) is 9.84 Å². The van der Waals surface area contributed by atoms with Gasteiger partial charge in [-0.25, -0.2) is 8.42 Å². The minimum Gasteiger partial charge on any atom is -0.419 e. The van der Waals surface area contributed by atoms with Crippen LogP contribution in [0.25, 0.3) is 11.5 Å². The topological polar surface area (TPSA) is 93.4 Å². The number of rotatable bonds is 7. The predicted molar refractivity (Wildman–Crippen MR) is 115 cm³/mol. The van der Waals surface area contributed by atoms with Crippen LogP contribution in [0.15, 0.2) is 52.9 Å². The predicted octanol–water partition coefficient (Wildman–Crippen LogP) is 3.99. The van der Waals surface area contributed by atoms with Crippen LogP contribution in [0.5, 0.6) is 0 Å². The third-order valence-corrected chi connectivity index (χ3v) is 5.55. The first kappa shape index (κ1) is 22.0. The fraction of sp³-hybridized carbons (Fsp3) is 0.286. The molecule has 0 unspecified atom stereocenters. The van der Waals surface area contributed by atoms with Crippen LogP contribution in [0, 0.1) is 0 Å². The van der Waals surface area contributed by atoms with Crippen LogP contribution in [0.1, 0.15) is 35.7 Å². The van der Waals surface area contributed by atoms with Gasteiger partial charge in [0.2, 0.25) is 11.8 Å². The lowest BCUT2D eigenvalue weighted by Crippen LogP contribution is -2.36. The maximum absolute atomic E-state index is 13.1. The van der Waals surface area contributed by atoms with Gasteiger partial charge >= 0.3 is 0 Å². The van der Waals surface area contributed by atoms with E-state index in [0.717, 1.165) is 6.26 Å². The zero-order valence-corrected chi connectivity index (χ0v) is 18.4. The van der Waals surface area contributed by atoms with Gasteiger partial charge in [0.1, 0.15) is 0 Å². The summed E-state index contributed by atoms with van der Waals surface area (Å²) in [6, 6.07) is 13.6. The molecule has 1 amide bonds. The smallest absolute Gasteiger partial charge is 0.254 e. The Balaban J connectivity index is 1.83. The molecule has 0 radical (unpaired) electrons. The number of benzene rings is 2. The zero-order valence-electron chi connectivity index (χ0n) is 16.9. The number of hydrogen-bond acceptors (Lipinski definition) is 6. The molecule has 0 aliphatic heterocycles. The van der Waals surface area contributed by atoms with Crippen LogP contribution in [-0.2, 0) is 22.1 Å². The number of nitrogens with zero attached hydrogens (tertiary/aromatic N) is 3. The molecule has 0 spiro atoms. The summed E-state index contributed by atoms with van der Waals surface area (Å²) in [5.74, 6) is 0.180. The highest BCUT2D eigenvalue weighted by atomic mass is 35.5. The standard InChI is InChI=1S/C21H22ClN3O4S/c1-14(2)25(21(26)16-8-6-7-15(11-16)13-30(3,27)28)12-19-23-24-20(29-19)17-9-4-5-10-18(17)22/h4-11,14H,12-13H2,1-3H3. The van der Waals surface area contributed by atoms with Crippen molar-refractivity contribution >= 4 is 27.3 Å². The lowest BCUT2D eigenvalue weighted by atomic mass is 10.1. The Morgan fingerprint density at radius 2 is 1.87 bits per heavy atom. The molecule has 3 aromatic rings. The number of carbonyl (C=O) groups excluding carboxylic acids is 1. The number of amides is 1. The summed E-state index contributed by atoms with van der Waals surface area (Å²) >= 11 is 6.18. The monoisotopic (exact) mass is 447 g/mol. The molecule has 3 rings (SSSR count). The molecule has 2 aromatic carbocycles. The van der Waals surface area contributed by atoms with E-state index in [2.05, 4.69) is 10.2 Å². The van der Waals surface area contributed by atoms with Gasteiger partial charge in [-0.15, -0.1) is 10.2 Å². The van der Waals surface area contributed by atoms with Gasteiger partial charge in [-0.05, 0) is 43.7 Å². The van der Waals surface area contributed by atoms with Gasteiger partial charge in [-0.1, -0.05) is 35.9 Å². The Kier molecular flexibility index (Phi) is 6.58. The van der Waals surface area contributed by atoms with Gasteiger partial charge in [0.05, 0.1) is 22.9 Å². The Hall–Kier alpha value is -2.71. The van der Waals surface area contributed by atoms with Crippen LogP contribution >= 0.6 is 11.6 Å². The maximum Gasteiger partial charge on any atom is 0.254 e. The fourth-order valence-electron chi connectivity index (χ4n) is 2.96. The Labute approximate surface area is 180 Å². The van der Waals surface area contributed by atoms with Gasteiger partial charge in [-0.2, -0.15) is 0 Å². The van der Waals surface area contributed by atoms with Crippen LogP contribution in [0.3, 0.4) is 0 Å². The summed E-state index contributed by atoms with van der Waals surface area (Å²) in [6.07, 6.45) is 1.16. The van der Waals surface area contributed by atoms with E-state index in [4.69, 9.17) is 16.0 Å². The zero-order chi connectivity index (χ0) is 21.9. The second kappa shape index (κ2) is 8.97. The summed E-state index contributed by atoms with van der Waals surface area (Å²) < 4.78 is 28.9. The van der Waals surface area contributed by atoms with E-state index >= 15 is 0 Å². The molecule has 0 saturated carbocycles. The van der Waals surface area contributed by atoms with Crippen LogP contribution in [0.4, 0.5) is 0 Å². The molecule has 158 valence electrons. The summed E-state index contributed by atoms with van der Waals surface area (Å²) in [4.78, 5) is 14.7. The summed E-state index contributed by atoms with van der Waals surface area (Å²) in [7, 11) is -3.20. The Bertz CT molecular complexity index is 1160. The quantitative estimate of drug-likeness (QED) is 0.543. The van der Waals surface area contributed by atoms with Gasteiger partial charge < -0.3 is 9.32 Å². The molecular weight excluding hydrogens is 426 g/mol. The van der Waals surface area contributed by atoms with Crippen molar-refractivity contribution in [2.75, 3.05) is 6.26 Å². The molecule has 0 N–H and O–H groups in total. The molecule has 0 atom stereocenters. The van der Waals surface area contributed by atoms with Gasteiger partial charge in [0.25, 0.3) is 5.91 Å². The Morgan fingerprint density at radius 1 is 1.13 bits per heavy atom. The number of halogens is 1. The fourth-order valence-corrected chi connectivity index (χ4v) is 3.96. The van der Waals surface area contributed by atoms with Crippen molar-refractivity contribution in [1.82, 2.24) is 15.1 Å². The highest BCUT2D eigenvalue weighted by molar-refractivity contribution is 7.89. The van der Waals surface area contributed by atoms with E-state index in [1.54, 1.807) is 47.4 Å². The van der Waals surface area contributed by atoms with E-state index in [0.29, 0.717) is 21.7 Å². The number of aromatic nitrogens is 2. The van der Waals surface area contributed by atoms with Gasteiger partial charge in [-0.3, -0.25) is 4.79 Å². The molecule has 30 heavy (non-hydrogen) atoms. The maximum atomic E-state index is 13.1. The minimum atomic E-state index is -3.20. The van der Waals surface area contributed by atoms with Crippen LogP contribution in [0.2, 0.25) is 5.02 Å². The molecule has 1 aromatic heterocycles. The summed E-state index contributed by atoms with van der Waals surface area (Å²) in [5, 5.41) is 8.58. The van der Waals surface area contributed by atoms with E-state index < -0.39 is 9.84 Å². The molecule has 7 nitrogen and oxygen atoms in total. The first-order valence-electron chi connectivity index (χ1n) is 9.29. The Morgan fingerprint density at radius 3 is 2.53 bits per heavy atom. The van der Waals surface area contributed by atoms with Crippen molar-refractivity contribution in [3.63, 3.8) is 0 Å². The molecule has 0 aliphatic rings. The highest BCUT2D eigenvalue weighted by Crippen LogP contribution is 2.26. The molecule has 9 heteroatoms. The molecule has 1 heterocycles. The normalized spacial score (nSPS) is 11.6. The van der Waals surface area contributed by atoms with E-state index in [1.807, 2.05) is 19.9 Å². The lowest BCUT2D eigenvalue weighted by molar-refractivity contribution is 0.0672. The SMILES string of the molecule is CC(C)N(Cc1nnc(-c2ccccc2Cl)o1)C(=O)c1cccc(CS(C)(=O)=O)c1. The van der Waals surface area contributed by atoms with Crippen LogP contribution in [-0.4, -0.2) is 41.7 Å². The van der Waals surface area contributed by atoms with E-state index in [-0.39, 0.29) is 36.0 Å². The van der Waals surface area contributed by atoms with E-state index in [9.17, 15) is 13.2 Å². The third kappa shape index (κ3) is 5.46. The molecule has 0 aliphatic carbocycles. The molecular formula is C21H22ClN3O4S. The summed E-state index contributed by atoms with van der Waals surface area (Å²) in [6.45, 7) is 3.87. The second-order valence-corrected chi connectivity index (χ2v) is 9.83. The largest absolute Gasteiger partial charge is 0.419 e. The molecule has 0 fully saturated rings. The highest BCUT2D eigenvalue weighted by Gasteiger charge is 2.23. The van der Waals surface area contributed by atoms with Crippen molar-refractivity contribution < 1.29 is 17.6 Å². The molecule has 0 saturated heterocycles. The van der Waals surface area contributed by atoms with Crippen molar-refractivity contribution in [1.29, 1.82) is 0 Å².